The summed E-state index contributed by atoms with van der Waals surface area (Å²) in [5, 5.41) is 0.888. The van der Waals surface area contributed by atoms with Crippen molar-refractivity contribution in [2.24, 2.45) is 5.73 Å². The molecule has 78 valence electrons. The van der Waals surface area contributed by atoms with E-state index in [-0.39, 0.29) is 5.82 Å². The van der Waals surface area contributed by atoms with Gasteiger partial charge < -0.3 is 5.73 Å². The minimum absolute atomic E-state index is 0.186. The van der Waals surface area contributed by atoms with Gasteiger partial charge in [0.1, 0.15) is 10.8 Å². The quantitative estimate of drug-likeness (QED) is 0.848. The van der Waals surface area contributed by atoms with Crippen molar-refractivity contribution < 1.29 is 4.39 Å². The van der Waals surface area contributed by atoms with Gasteiger partial charge in [-0.05, 0) is 30.7 Å². The molecule has 0 atom stereocenters. The molecule has 15 heavy (non-hydrogen) atoms. The van der Waals surface area contributed by atoms with Gasteiger partial charge in [-0.2, -0.15) is 0 Å². The van der Waals surface area contributed by atoms with Crippen LogP contribution in [0.15, 0.2) is 24.4 Å². The van der Waals surface area contributed by atoms with E-state index in [1.807, 2.05) is 0 Å². The van der Waals surface area contributed by atoms with Crippen LogP contribution in [0, 0.1) is 12.7 Å². The lowest BCUT2D eigenvalue weighted by atomic mass is 10.1. The minimum Gasteiger partial charge on any atom is -0.326 e. The lowest BCUT2D eigenvalue weighted by Gasteiger charge is -1.99. The van der Waals surface area contributed by atoms with E-state index >= 15 is 0 Å². The zero-order valence-electron chi connectivity index (χ0n) is 8.33. The molecule has 0 saturated carbocycles. The number of aryl methyl sites for hydroxylation is 1. The van der Waals surface area contributed by atoms with Gasteiger partial charge in [-0.3, -0.25) is 0 Å². The fraction of sp³-hybridized carbons (Fsp3) is 0.182. The molecule has 0 amide bonds. The first kappa shape index (κ1) is 10.3. The molecule has 2 aromatic rings. The zero-order chi connectivity index (χ0) is 10.8. The van der Waals surface area contributed by atoms with Gasteiger partial charge >= 0.3 is 0 Å². The normalized spacial score (nSPS) is 10.6. The second kappa shape index (κ2) is 4.08. The number of nitrogens with zero attached hydrogens (tertiary/aromatic N) is 1. The van der Waals surface area contributed by atoms with Crippen LogP contribution in [0.3, 0.4) is 0 Å². The Kier molecular flexibility index (Phi) is 2.79. The maximum Gasteiger partial charge on any atom is 0.126 e. The van der Waals surface area contributed by atoms with Gasteiger partial charge in [-0.1, -0.05) is 0 Å². The van der Waals surface area contributed by atoms with Crippen molar-refractivity contribution in [3.63, 3.8) is 0 Å². The molecule has 0 saturated heterocycles. The van der Waals surface area contributed by atoms with Crippen LogP contribution in [-0.2, 0) is 6.54 Å². The average molecular weight is 222 g/mol. The van der Waals surface area contributed by atoms with E-state index in [1.165, 1.54) is 6.07 Å². The molecule has 1 heterocycles. The lowest BCUT2D eigenvalue weighted by Crippen LogP contribution is -1.91. The number of benzene rings is 1. The minimum atomic E-state index is -0.186. The van der Waals surface area contributed by atoms with E-state index in [1.54, 1.807) is 36.6 Å². The number of thiazole rings is 1. The van der Waals surface area contributed by atoms with Gasteiger partial charge in [0, 0.05) is 23.2 Å². The lowest BCUT2D eigenvalue weighted by molar-refractivity contribution is 0.619. The fourth-order valence-corrected chi connectivity index (χ4v) is 2.10. The summed E-state index contributed by atoms with van der Waals surface area (Å²) < 4.78 is 13.0. The van der Waals surface area contributed by atoms with Crippen molar-refractivity contribution in [3.8, 4) is 10.6 Å². The van der Waals surface area contributed by atoms with Crippen LogP contribution in [0.5, 0.6) is 0 Å². The van der Waals surface area contributed by atoms with Gasteiger partial charge in [0.25, 0.3) is 0 Å². The van der Waals surface area contributed by atoms with Crippen molar-refractivity contribution >= 4 is 11.3 Å². The highest BCUT2D eigenvalue weighted by Gasteiger charge is 2.05. The van der Waals surface area contributed by atoms with Crippen LogP contribution in [0.2, 0.25) is 0 Å². The predicted molar refractivity (Wildman–Crippen MR) is 60.1 cm³/mol. The van der Waals surface area contributed by atoms with E-state index in [0.29, 0.717) is 12.1 Å². The van der Waals surface area contributed by atoms with E-state index in [4.69, 9.17) is 5.73 Å². The summed E-state index contributed by atoms with van der Waals surface area (Å²) in [6, 6.07) is 5.00. The summed E-state index contributed by atoms with van der Waals surface area (Å²) in [5.74, 6) is -0.186. The Balaban J connectivity index is 2.40. The molecule has 0 aliphatic carbocycles. The first-order valence-corrected chi connectivity index (χ1v) is 5.43. The molecule has 0 fully saturated rings. The van der Waals surface area contributed by atoms with Crippen LogP contribution < -0.4 is 5.73 Å². The Hall–Kier alpha value is -1.26. The summed E-state index contributed by atoms with van der Waals surface area (Å²) in [5.41, 5.74) is 7.08. The van der Waals surface area contributed by atoms with Crippen molar-refractivity contribution in [1.82, 2.24) is 4.98 Å². The van der Waals surface area contributed by atoms with Crippen molar-refractivity contribution in [1.29, 1.82) is 0 Å². The van der Waals surface area contributed by atoms with Crippen LogP contribution in [0.25, 0.3) is 10.6 Å². The maximum atomic E-state index is 13.0. The molecule has 0 bridgehead atoms. The molecule has 0 aliphatic heterocycles. The molecule has 0 unspecified atom stereocenters. The number of hydrogen-bond acceptors (Lipinski definition) is 3. The molecule has 0 aliphatic rings. The average Bonchev–Trinajstić information content (AvgIpc) is 2.70. The van der Waals surface area contributed by atoms with Crippen molar-refractivity contribution in [3.05, 3.63) is 40.7 Å². The van der Waals surface area contributed by atoms with Gasteiger partial charge in [-0.15, -0.1) is 11.3 Å². The Bertz CT molecular complexity index is 479. The van der Waals surface area contributed by atoms with E-state index in [2.05, 4.69) is 4.98 Å². The molecule has 1 aromatic heterocycles. The number of halogens is 1. The van der Waals surface area contributed by atoms with Crippen molar-refractivity contribution in [2.45, 2.75) is 13.5 Å². The van der Waals surface area contributed by atoms with E-state index in [9.17, 15) is 4.39 Å². The van der Waals surface area contributed by atoms with Crippen LogP contribution in [0.1, 0.15) is 10.4 Å². The van der Waals surface area contributed by atoms with E-state index in [0.717, 1.165) is 15.4 Å². The summed E-state index contributed by atoms with van der Waals surface area (Å²) in [6.45, 7) is 2.24. The molecular weight excluding hydrogens is 211 g/mol. The predicted octanol–water partition coefficient (Wildman–Crippen LogP) is 2.72. The molecule has 0 spiro atoms. The Morgan fingerprint density at radius 2 is 2.27 bits per heavy atom. The Morgan fingerprint density at radius 1 is 1.47 bits per heavy atom. The summed E-state index contributed by atoms with van der Waals surface area (Å²) in [4.78, 5) is 5.28. The third kappa shape index (κ3) is 2.06. The maximum absolute atomic E-state index is 13.0. The van der Waals surface area contributed by atoms with Gasteiger partial charge in [-0.25, -0.2) is 9.37 Å². The molecular formula is C11H11FN2S. The summed E-state index contributed by atoms with van der Waals surface area (Å²) >= 11 is 1.54. The SMILES string of the molecule is Cc1cc(-c2ncc(CN)s2)ccc1F. The third-order valence-electron chi connectivity index (χ3n) is 2.16. The topological polar surface area (TPSA) is 38.9 Å². The number of hydrogen-bond donors (Lipinski definition) is 1. The van der Waals surface area contributed by atoms with Gasteiger partial charge in [0.2, 0.25) is 0 Å². The third-order valence-corrected chi connectivity index (χ3v) is 3.23. The number of rotatable bonds is 2. The number of nitrogens with two attached hydrogens (primary N) is 1. The van der Waals surface area contributed by atoms with Crippen LogP contribution in [0.4, 0.5) is 4.39 Å². The highest BCUT2D eigenvalue weighted by atomic mass is 32.1. The molecule has 2 rings (SSSR count). The molecule has 0 radical (unpaired) electrons. The second-order valence-corrected chi connectivity index (χ2v) is 4.42. The molecule has 1 aromatic carbocycles. The summed E-state index contributed by atoms with van der Waals surface area (Å²) in [6.07, 6.45) is 1.76. The van der Waals surface area contributed by atoms with Crippen LogP contribution >= 0.6 is 11.3 Å². The highest BCUT2D eigenvalue weighted by Crippen LogP contribution is 2.26. The first-order valence-electron chi connectivity index (χ1n) is 4.62. The zero-order valence-corrected chi connectivity index (χ0v) is 9.14. The monoisotopic (exact) mass is 222 g/mol. The Labute approximate surface area is 91.6 Å². The largest absolute Gasteiger partial charge is 0.326 e. The smallest absolute Gasteiger partial charge is 0.126 e. The first-order chi connectivity index (χ1) is 7.20. The highest BCUT2D eigenvalue weighted by molar-refractivity contribution is 7.15. The molecule has 4 heteroatoms. The molecule has 2 N–H and O–H groups in total. The standard InChI is InChI=1S/C11H11FN2S/c1-7-4-8(2-3-10(7)12)11-14-6-9(5-13)15-11/h2-4,6H,5,13H2,1H3. The fourth-order valence-electron chi connectivity index (χ4n) is 1.31. The van der Waals surface area contributed by atoms with Gasteiger partial charge in [0.05, 0.1) is 0 Å². The van der Waals surface area contributed by atoms with Crippen molar-refractivity contribution in [2.75, 3.05) is 0 Å². The number of aromatic nitrogens is 1. The van der Waals surface area contributed by atoms with Crippen LogP contribution in [-0.4, -0.2) is 4.98 Å². The second-order valence-electron chi connectivity index (χ2n) is 3.30. The molecule has 2 nitrogen and oxygen atoms in total. The van der Waals surface area contributed by atoms with Gasteiger partial charge in [0.15, 0.2) is 0 Å². The summed E-state index contributed by atoms with van der Waals surface area (Å²) in [7, 11) is 0. The van der Waals surface area contributed by atoms with E-state index < -0.39 is 0 Å². The Morgan fingerprint density at radius 3 is 2.87 bits per heavy atom.